The van der Waals surface area contributed by atoms with E-state index in [1.54, 1.807) is 12.1 Å². The van der Waals surface area contributed by atoms with Crippen molar-refractivity contribution >= 4 is 5.97 Å². The summed E-state index contributed by atoms with van der Waals surface area (Å²) in [4.78, 5) is 12.7. The molecule has 2 aliphatic carbocycles. The zero-order chi connectivity index (χ0) is 22.5. The van der Waals surface area contributed by atoms with Crippen LogP contribution in [-0.4, -0.2) is 5.97 Å². The number of esters is 1. The lowest BCUT2D eigenvalue weighted by Crippen LogP contribution is -2.29. The van der Waals surface area contributed by atoms with Gasteiger partial charge < -0.3 is 4.74 Å². The van der Waals surface area contributed by atoms with Gasteiger partial charge in [-0.15, -0.1) is 0 Å². The maximum absolute atomic E-state index is 14.8. The number of hydrogen-bond donors (Lipinski definition) is 0. The summed E-state index contributed by atoms with van der Waals surface area (Å²) in [5.74, 6) is -1.52. The van der Waals surface area contributed by atoms with Crippen molar-refractivity contribution in [2.45, 2.75) is 77.6 Å². The Kier molecular flexibility index (Phi) is 7.59. The number of ether oxygens (including phenoxy) is 1. The van der Waals surface area contributed by atoms with E-state index >= 15 is 0 Å². The molecule has 2 saturated carbocycles. The predicted molar refractivity (Wildman–Crippen MR) is 123 cm³/mol. The zero-order valence-electron chi connectivity index (χ0n) is 19.0. The van der Waals surface area contributed by atoms with E-state index in [4.69, 9.17) is 4.74 Å². The highest BCUT2D eigenvalue weighted by atomic mass is 19.2. The molecule has 172 valence electrons. The Morgan fingerprint density at radius 2 is 1.50 bits per heavy atom. The van der Waals surface area contributed by atoms with Crippen LogP contribution in [0.5, 0.6) is 5.75 Å². The lowest BCUT2D eigenvalue weighted by Gasteiger charge is -2.35. The van der Waals surface area contributed by atoms with Gasteiger partial charge in [-0.25, -0.2) is 4.39 Å². The van der Waals surface area contributed by atoms with Gasteiger partial charge >= 0.3 is 5.97 Å². The van der Waals surface area contributed by atoms with Gasteiger partial charge in [0.05, 0.1) is 5.92 Å². The van der Waals surface area contributed by atoms with E-state index in [2.05, 4.69) is 6.92 Å². The van der Waals surface area contributed by atoms with Crippen LogP contribution in [0.4, 0.5) is 8.78 Å². The summed E-state index contributed by atoms with van der Waals surface area (Å²) < 4.78 is 34.8. The third-order valence-electron chi connectivity index (χ3n) is 7.48. The lowest BCUT2D eigenvalue weighted by atomic mass is 9.71. The van der Waals surface area contributed by atoms with Gasteiger partial charge in [-0.05, 0) is 67.2 Å². The molecule has 0 N–H and O–H groups in total. The monoisotopic (exact) mass is 440 g/mol. The number of carbonyl (C=O) groups is 1. The third kappa shape index (κ3) is 5.22. The zero-order valence-corrected chi connectivity index (χ0v) is 19.0. The molecule has 0 saturated heterocycles. The van der Waals surface area contributed by atoms with Gasteiger partial charge in [-0.1, -0.05) is 69.7 Å². The van der Waals surface area contributed by atoms with Crippen LogP contribution in [0, 0.1) is 29.4 Å². The van der Waals surface area contributed by atoms with Crippen LogP contribution < -0.4 is 4.74 Å². The largest absolute Gasteiger partial charge is 0.423 e. The summed E-state index contributed by atoms with van der Waals surface area (Å²) in [5, 5.41) is 0. The summed E-state index contributed by atoms with van der Waals surface area (Å²) in [6.45, 7) is 2.10. The molecule has 0 atom stereocenters. The van der Waals surface area contributed by atoms with E-state index in [0.29, 0.717) is 11.5 Å². The minimum atomic E-state index is -1.09. The molecule has 2 fully saturated rings. The smallest absolute Gasteiger partial charge is 0.314 e. The quantitative estimate of drug-likeness (QED) is 0.337. The van der Waals surface area contributed by atoms with Crippen molar-refractivity contribution in [2.75, 3.05) is 0 Å². The normalized spacial score (nSPS) is 22.0. The molecule has 0 unspecified atom stereocenters. The Bertz CT molecular complexity index is 908. The molecule has 0 spiro atoms. The molecule has 2 aromatic carbocycles. The van der Waals surface area contributed by atoms with Crippen molar-refractivity contribution in [3.63, 3.8) is 0 Å². The Labute approximate surface area is 190 Å². The molecular weight excluding hydrogens is 406 g/mol. The first kappa shape index (κ1) is 22.9. The molecule has 0 aliphatic heterocycles. The first-order valence-corrected chi connectivity index (χ1v) is 12.4. The second kappa shape index (κ2) is 10.6. The molecule has 2 nitrogen and oxygen atoms in total. The third-order valence-corrected chi connectivity index (χ3v) is 7.48. The number of rotatable bonds is 6. The fourth-order valence-electron chi connectivity index (χ4n) is 5.60. The average molecular weight is 441 g/mol. The highest BCUT2D eigenvalue weighted by Gasteiger charge is 2.32. The van der Waals surface area contributed by atoms with Crippen molar-refractivity contribution in [3.8, 4) is 16.9 Å². The Morgan fingerprint density at radius 3 is 2.16 bits per heavy atom. The Balaban J connectivity index is 1.38. The molecule has 4 heteroatoms. The first-order chi connectivity index (χ1) is 15.6. The summed E-state index contributed by atoms with van der Waals surface area (Å²) in [5.41, 5.74) is 1.96. The van der Waals surface area contributed by atoms with Gasteiger partial charge in [-0.2, -0.15) is 4.39 Å². The summed E-state index contributed by atoms with van der Waals surface area (Å²) in [6, 6.07) is 10.4. The molecule has 0 amide bonds. The molecule has 0 radical (unpaired) electrons. The molecular formula is C28H34F2O2. The molecule has 0 aromatic heterocycles. The van der Waals surface area contributed by atoms with E-state index in [9.17, 15) is 13.6 Å². The van der Waals surface area contributed by atoms with E-state index < -0.39 is 17.6 Å². The molecule has 32 heavy (non-hydrogen) atoms. The van der Waals surface area contributed by atoms with Gasteiger partial charge in [0.1, 0.15) is 0 Å². The number of carbonyl (C=O) groups excluding carboxylic acids is 1. The fourth-order valence-corrected chi connectivity index (χ4v) is 5.60. The highest BCUT2D eigenvalue weighted by molar-refractivity contribution is 5.76. The van der Waals surface area contributed by atoms with Crippen molar-refractivity contribution in [2.24, 2.45) is 17.8 Å². The molecule has 2 aromatic rings. The van der Waals surface area contributed by atoms with Crippen LogP contribution in [-0.2, 0) is 11.2 Å². The second-order valence-electron chi connectivity index (χ2n) is 9.62. The van der Waals surface area contributed by atoms with E-state index in [1.165, 1.54) is 49.8 Å². The van der Waals surface area contributed by atoms with Crippen molar-refractivity contribution < 1.29 is 18.3 Å². The fraction of sp³-hybridized carbons (Fsp3) is 0.536. The molecule has 0 bridgehead atoms. The summed E-state index contributed by atoms with van der Waals surface area (Å²) in [6.07, 6.45) is 12.3. The van der Waals surface area contributed by atoms with Gasteiger partial charge in [0, 0.05) is 5.56 Å². The van der Waals surface area contributed by atoms with Gasteiger partial charge in [-0.3, -0.25) is 4.79 Å². The standard InChI is InChI=1S/C28H34F2O2/c1-2-6-19-9-11-22(12-10-19)24-17-18-25(27(30)26(24)29)32-28(31)23-15-13-21(14-16-23)20-7-4-3-5-8-20/h9-12,17-18,20-21,23H,2-8,13-16H2,1H3. The lowest BCUT2D eigenvalue weighted by molar-refractivity contribution is -0.140. The predicted octanol–water partition coefficient (Wildman–Crippen LogP) is 7.88. The number of aryl methyl sites for hydroxylation is 1. The second-order valence-corrected chi connectivity index (χ2v) is 9.62. The molecule has 4 rings (SSSR count). The van der Waals surface area contributed by atoms with Crippen LogP contribution in [0.15, 0.2) is 36.4 Å². The van der Waals surface area contributed by atoms with Crippen LogP contribution in [0.2, 0.25) is 0 Å². The van der Waals surface area contributed by atoms with Crippen LogP contribution in [0.3, 0.4) is 0 Å². The average Bonchev–Trinajstić information content (AvgIpc) is 2.84. The summed E-state index contributed by atoms with van der Waals surface area (Å²) in [7, 11) is 0. The molecule has 2 aliphatic rings. The Morgan fingerprint density at radius 1 is 0.844 bits per heavy atom. The number of halogens is 2. The first-order valence-electron chi connectivity index (χ1n) is 12.4. The van der Waals surface area contributed by atoms with Gasteiger partial charge in [0.15, 0.2) is 11.6 Å². The van der Waals surface area contributed by atoms with E-state index in [0.717, 1.165) is 44.4 Å². The van der Waals surface area contributed by atoms with Crippen molar-refractivity contribution in [3.05, 3.63) is 53.6 Å². The number of hydrogen-bond acceptors (Lipinski definition) is 2. The minimum Gasteiger partial charge on any atom is -0.423 e. The van der Waals surface area contributed by atoms with E-state index in [1.807, 2.05) is 12.1 Å². The highest BCUT2D eigenvalue weighted by Crippen LogP contribution is 2.40. The van der Waals surface area contributed by atoms with Crippen LogP contribution >= 0.6 is 0 Å². The van der Waals surface area contributed by atoms with Gasteiger partial charge in [0.2, 0.25) is 5.82 Å². The topological polar surface area (TPSA) is 26.3 Å². The Hall–Kier alpha value is -2.23. The molecule has 0 heterocycles. The van der Waals surface area contributed by atoms with Crippen LogP contribution in [0.25, 0.3) is 11.1 Å². The minimum absolute atomic E-state index is 0.179. The van der Waals surface area contributed by atoms with E-state index in [-0.39, 0.29) is 17.2 Å². The van der Waals surface area contributed by atoms with Crippen molar-refractivity contribution in [1.82, 2.24) is 0 Å². The SMILES string of the molecule is CCCc1ccc(-c2ccc(OC(=O)C3CCC(C4CCCCC4)CC3)c(F)c2F)cc1. The van der Waals surface area contributed by atoms with Crippen molar-refractivity contribution in [1.29, 1.82) is 0 Å². The van der Waals surface area contributed by atoms with Crippen LogP contribution in [0.1, 0.15) is 76.7 Å². The maximum Gasteiger partial charge on any atom is 0.314 e. The summed E-state index contributed by atoms with van der Waals surface area (Å²) >= 11 is 0. The van der Waals surface area contributed by atoms with Gasteiger partial charge in [0.25, 0.3) is 0 Å². The maximum atomic E-state index is 14.8. The number of benzene rings is 2.